The molecule has 0 fully saturated rings. The van der Waals surface area contributed by atoms with E-state index in [9.17, 15) is 2.74 Å². The lowest BCUT2D eigenvalue weighted by molar-refractivity contribution is 0.306. The highest BCUT2D eigenvalue weighted by Crippen LogP contribution is 2.44. The van der Waals surface area contributed by atoms with E-state index in [4.69, 9.17) is 19.3 Å². The second-order valence-corrected chi connectivity index (χ2v) is 20.0. The molecule has 10 rings (SSSR count). The zero-order chi connectivity index (χ0) is 54.9. The first kappa shape index (κ1) is 35.1. The Hall–Kier alpha value is -7.11. The third kappa shape index (κ3) is 9.02. The zero-order valence-corrected chi connectivity index (χ0v) is 39.8. The van der Waals surface area contributed by atoms with Gasteiger partial charge in [-0.15, -0.1) is 0 Å². The summed E-state index contributed by atoms with van der Waals surface area (Å²) in [5.41, 5.74) is 11.6. The number of fused-ring (bicyclic) bond motifs is 4. The maximum absolute atomic E-state index is 9.51. The lowest BCUT2D eigenvalue weighted by atomic mass is 9.84. The first-order valence-electron chi connectivity index (χ1n) is 28.0. The first-order valence-corrected chi connectivity index (χ1v) is 23.5. The van der Waals surface area contributed by atoms with Gasteiger partial charge in [0.15, 0.2) is 0 Å². The fourth-order valence-corrected chi connectivity index (χ4v) is 9.60. The van der Waals surface area contributed by atoms with Crippen LogP contribution in [-0.4, -0.2) is 22.8 Å². The van der Waals surface area contributed by atoms with Gasteiger partial charge in [-0.3, -0.25) is 4.57 Å². The van der Waals surface area contributed by atoms with Crippen molar-refractivity contribution in [2.75, 3.05) is 23.0 Å². The van der Waals surface area contributed by atoms with Gasteiger partial charge in [0.2, 0.25) is 0 Å². The monoisotopic (exact) mass is 902 g/mol. The fraction of sp³-hybridized carbons (Fsp3) is 0.254. The largest absolute Gasteiger partial charge is 0.489 e. The van der Waals surface area contributed by atoms with Gasteiger partial charge < -0.3 is 14.5 Å². The third-order valence-corrected chi connectivity index (χ3v) is 13.2. The second-order valence-electron chi connectivity index (χ2n) is 20.0. The molecule has 0 spiro atoms. The number of benzene rings is 7. The van der Waals surface area contributed by atoms with Gasteiger partial charge in [-0.2, -0.15) is 0 Å². The Bertz CT molecular complexity index is 3630. The Balaban J connectivity index is 1.00. The van der Waals surface area contributed by atoms with Crippen molar-refractivity contribution in [1.82, 2.24) is 9.55 Å². The van der Waals surface area contributed by atoms with E-state index in [1.807, 2.05) is 60.8 Å². The van der Waals surface area contributed by atoms with Crippen molar-refractivity contribution >= 4 is 38.9 Å². The van der Waals surface area contributed by atoms with Crippen molar-refractivity contribution in [3.63, 3.8) is 0 Å². The minimum absolute atomic E-state index is 0.0553. The first-order chi connectivity index (χ1) is 36.3. The van der Waals surface area contributed by atoms with E-state index in [1.54, 1.807) is 6.07 Å². The van der Waals surface area contributed by atoms with Crippen LogP contribution in [0.25, 0.3) is 49.9 Å². The predicted molar refractivity (Wildman–Crippen MR) is 287 cm³/mol. The van der Waals surface area contributed by atoms with Gasteiger partial charge in [0.05, 0.1) is 29.1 Å². The summed E-state index contributed by atoms with van der Waals surface area (Å²) in [4.78, 5) is 9.33. The Morgan fingerprint density at radius 1 is 0.647 bits per heavy atom. The summed E-state index contributed by atoms with van der Waals surface area (Å²) in [7, 11) is 0. The molecule has 0 unspecified atom stereocenters. The summed E-state index contributed by atoms with van der Waals surface area (Å²) < 4.78 is 87.2. The Kier molecular flexibility index (Phi) is 9.38. The molecule has 0 bridgehead atoms. The number of rotatable bonds is 12. The van der Waals surface area contributed by atoms with Crippen LogP contribution in [0, 0.1) is 5.89 Å². The van der Waals surface area contributed by atoms with E-state index in [2.05, 4.69) is 159 Å². The molecule has 1 aliphatic heterocycles. The zero-order valence-electron chi connectivity index (χ0n) is 48.8. The van der Waals surface area contributed by atoms with Gasteiger partial charge >= 0.3 is 0 Å². The predicted octanol–water partition coefficient (Wildman–Crippen LogP) is 16.0. The van der Waals surface area contributed by atoms with E-state index in [-0.39, 0.29) is 22.8 Å². The van der Waals surface area contributed by atoms with Gasteiger partial charge in [0, 0.05) is 47.6 Å². The number of nitrogens with zero attached hydrogens (tertiary/aromatic N) is 4. The molecule has 0 N–H and O–H groups in total. The molecule has 3 heterocycles. The number of hydrogen-bond acceptors (Lipinski definition) is 4. The van der Waals surface area contributed by atoms with Crippen molar-refractivity contribution in [3.8, 4) is 33.8 Å². The highest BCUT2D eigenvalue weighted by atomic mass is 16.5. The lowest BCUT2D eigenvalue weighted by Crippen LogP contribution is -2.30. The summed E-state index contributed by atoms with van der Waals surface area (Å²) in [5.74, 6) is -1.93. The van der Waals surface area contributed by atoms with Gasteiger partial charge in [-0.1, -0.05) is 164 Å². The van der Waals surface area contributed by atoms with Crippen LogP contribution in [0.4, 0.5) is 17.1 Å². The number of aromatic nitrogens is 2. The van der Waals surface area contributed by atoms with Crippen LogP contribution in [0.15, 0.2) is 176 Å². The lowest BCUT2D eigenvalue weighted by Gasteiger charge is -2.25. The Morgan fingerprint density at radius 3 is 2.22 bits per heavy atom. The van der Waals surface area contributed by atoms with E-state index in [1.165, 1.54) is 11.6 Å². The van der Waals surface area contributed by atoms with E-state index >= 15 is 0 Å². The quantitative estimate of drug-likeness (QED) is 0.122. The molecule has 0 atom stereocenters. The summed E-state index contributed by atoms with van der Waals surface area (Å²) in [6.45, 7) is 6.99. The summed E-state index contributed by atoms with van der Waals surface area (Å²) in [6, 6.07) is 56.7. The minimum atomic E-state index is -3.51. The van der Waals surface area contributed by atoms with E-state index < -0.39 is 26.0 Å². The highest BCUT2D eigenvalue weighted by Gasteiger charge is 2.29. The number of ether oxygens (including phenoxy) is 1. The average Bonchev–Trinajstić information content (AvgIpc) is 3.97. The highest BCUT2D eigenvalue weighted by molar-refractivity contribution is 6.09. The summed E-state index contributed by atoms with van der Waals surface area (Å²) in [5, 5.41) is 2.24. The topological polar surface area (TPSA) is 33.5 Å². The molecule has 68 heavy (non-hydrogen) atoms. The summed E-state index contributed by atoms with van der Waals surface area (Å²) >= 11 is 0. The average molecular weight is 902 g/mol. The molecule has 0 saturated heterocycles. The van der Waals surface area contributed by atoms with Crippen LogP contribution in [0.1, 0.15) is 95.4 Å². The van der Waals surface area contributed by atoms with Crippen LogP contribution < -0.4 is 14.5 Å². The number of anilines is 3. The van der Waals surface area contributed by atoms with Gasteiger partial charge in [-0.05, 0) is 134 Å². The number of para-hydroxylation sites is 1. The van der Waals surface area contributed by atoms with Crippen molar-refractivity contribution < 1.29 is 17.1 Å². The van der Waals surface area contributed by atoms with Gasteiger partial charge in [-0.25, -0.2) is 4.98 Å². The smallest absolute Gasteiger partial charge is 0.137 e. The molecule has 1 aliphatic rings. The number of pyridine rings is 1. The van der Waals surface area contributed by atoms with Crippen LogP contribution in [0.5, 0.6) is 5.75 Å². The molecular weight excluding hydrogens is 829 g/mol. The minimum Gasteiger partial charge on any atom is -0.489 e. The second kappa shape index (κ2) is 18.2. The van der Waals surface area contributed by atoms with E-state index in [0.29, 0.717) is 30.9 Å². The van der Waals surface area contributed by atoms with Gasteiger partial charge in [0.1, 0.15) is 18.2 Å². The normalized spacial score (nSPS) is 15.6. The fourth-order valence-electron chi connectivity index (χ4n) is 9.60. The third-order valence-electron chi connectivity index (χ3n) is 13.2. The molecule has 0 amide bonds. The molecule has 342 valence electrons. The standard InChI is InChI=1S/C63H64N4O/c1-43(2)35-47-21-16-25-53(48-20-15-22-49(37-48)62(3,4)5)54(47)32-34-65-42-66(58-30-27-46(38-60(58)65)45-18-10-9-11-19-45)51-23-14-17-44(36-51)41-68-52-28-29-56-55-24-12-13-26-57(55)67(59(56)40-52)61-39-50(31-33-64-61)63(6,7)8/h9-31,33,36-40,43H,32,34-35,41-42H2,1-8H3/i1D3,2D3,35D2,43D. The van der Waals surface area contributed by atoms with Crippen LogP contribution >= 0.6 is 0 Å². The molecule has 2 aromatic heterocycles. The molecule has 5 heteroatoms. The molecule has 9 aromatic rings. The van der Waals surface area contributed by atoms with Crippen molar-refractivity contribution in [2.24, 2.45) is 5.89 Å². The Labute approximate surface area is 416 Å². The van der Waals surface area contributed by atoms with Crippen LogP contribution in [0.3, 0.4) is 0 Å². The molecule has 0 radical (unpaired) electrons. The van der Waals surface area contributed by atoms with Crippen molar-refractivity contribution in [1.29, 1.82) is 0 Å². The molecule has 5 nitrogen and oxygen atoms in total. The van der Waals surface area contributed by atoms with Gasteiger partial charge in [0.25, 0.3) is 0 Å². The molecule has 0 aliphatic carbocycles. The van der Waals surface area contributed by atoms with Crippen molar-refractivity contribution in [3.05, 3.63) is 204 Å². The maximum atomic E-state index is 9.51. The van der Waals surface area contributed by atoms with Crippen molar-refractivity contribution in [2.45, 2.75) is 85.5 Å². The molecule has 7 aromatic carbocycles. The van der Waals surface area contributed by atoms with Crippen LogP contribution in [0.2, 0.25) is 0 Å². The summed E-state index contributed by atoms with van der Waals surface area (Å²) in [6.07, 6.45) is -1.07. The maximum Gasteiger partial charge on any atom is 0.137 e. The van der Waals surface area contributed by atoms with Crippen LogP contribution in [-0.2, 0) is 30.2 Å². The Morgan fingerprint density at radius 2 is 1.40 bits per heavy atom. The molecule has 0 saturated carbocycles. The van der Waals surface area contributed by atoms with E-state index in [0.717, 1.165) is 78.3 Å². The SMILES string of the molecule is [2H]C([2H])([2H])C([2H])(C([2H])([2H])[2H])C([2H])([2H])c1cccc(-c2cccc(C(C)(C)C)c2)c1CCN1CN(c2cccc(COc3ccc4c5ccccc5n(-c5cc(C(C)(C)C)ccn5)c4c3)c2)c2ccc(-c3ccccc3)cc21. The molecular formula is C63H64N4O. The number of hydrogen-bond donors (Lipinski definition) is 0.